The van der Waals surface area contributed by atoms with Crippen LogP contribution in [0.1, 0.15) is 11.1 Å². The summed E-state index contributed by atoms with van der Waals surface area (Å²) in [5, 5.41) is 0. The number of hydrogen-bond acceptors (Lipinski definition) is 4. The van der Waals surface area contributed by atoms with E-state index in [-0.39, 0.29) is 0 Å². The van der Waals surface area contributed by atoms with Crippen LogP contribution >= 0.6 is 0 Å². The van der Waals surface area contributed by atoms with Crippen molar-refractivity contribution in [2.24, 2.45) is 0 Å². The monoisotopic (exact) mass is 464 g/mol. The van der Waals surface area contributed by atoms with Crippen LogP contribution in [0.3, 0.4) is 0 Å². The van der Waals surface area contributed by atoms with Crippen LogP contribution in [-0.2, 0) is 0 Å². The van der Waals surface area contributed by atoms with E-state index in [4.69, 9.17) is 8.83 Å². The molecule has 0 bridgehead atoms. The molecule has 0 atom stereocenters. The summed E-state index contributed by atoms with van der Waals surface area (Å²) in [5.74, 6) is 9.11. The summed E-state index contributed by atoms with van der Waals surface area (Å²) < 4.78 is 11.9. The molecule has 0 spiro atoms. The maximum Gasteiger partial charge on any atom is 0.226 e. The molecule has 0 amide bonds. The van der Waals surface area contributed by atoms with E-state index in [1.54, 1.807) is 12.4 Å². The van der Waals surface area contributed by atoms with Crippen molar-refractivity contribution in [3.63, 3.8) is 0 Å². The van der Waals surface area contributed by atoms with Gasteiger partial charge in [0.2, 0.25) is 11.8 Å². The van der Waals surface area contributed by atoms with Gasteiger partial charge in [-0.05, 0) is 48.5 Å². The second kappa shape index (κ2) is 9.61. The molecule has 6 aromatic rings. The molecule has 36 heavy (non-hydrogen) atoms. The van der Waals surface area contributed by atoms with Crippen molar-refractivity contribution in [2.75, 3.05) is 0 Å². The van der Waals surface area contributed by atoms with Crippen LogP contribution in [0, 0.1) is 11.8 Å². The summed E-state index contributed by atoms with van der Waals surface area (Å²) in [6.07, 6.45) is 3.51. The molecule has 0 aliphatic heterocycles. The lowest BCUT2D eigenvalue weighted by Crippen LogP contribution is -1.81. The minimum Gasteiger partial charge on any atom is -0.436 e. The lowest BCUT2D eigenvalue weighted by Gasteiger charge is -1.98. The van der Waals surface area contributed by atoms with Crippen LogP contribution in [0.5, 0.6) is 0 Å². The molecule has 170 valence electrons. The zero-order valence-corrected chi connectivity index (χ0v) is 19.3. The Morgan fingerprint density at radius 2 is 0.806 bits per heavy atom. The quantitative estimate of drug-likeness (QED) is 0.251. The Morgan fingerprint density at radius 3 is 1.19 bits per heavy atom. The molecule has 0 saturated carbocycles. The molecule has 4 aromatic carbocycles. The predicted molar refractivity (Wildman–Crippen MR) is 141 cm³/mol. The summed E-state index contributed by atoms with van der Waals surface area (Å²) >= 11 is 0. The molecule has 0 N–H and O–H groups in total. The Bertz CT molecular complexity index is 1530. The number of hydrogen-bond donors (Lipinski definition) is 0. The molecule has 2 heterocycles. The van der Waals surface area contributed by atoms with Crippen molar-refractivity contribution in [3.05, 3.63) is 133 Å². The molecule has 2 aromatic heterocycles. The zero-order valence-electron chi connectivity index (χ0n) is 19.3. The summed E-state index contributed by atoms with van der Waals surface area (Å²) in [6.45, 7) is 0. The average Bonchev–Trinajstić information content (AvgIpc) is 3.65. The highest BCUT2D eigenvalue weighted by Gasteiger charge is 2.09. The van der Waals surface area contributed by atoms with Crippen LogP contribution in [0.15, 0.2) is 130 Å². The van der Waals surface area contributed by atoms with Crippen molar-refractivity contribution in [1.29, 1.82) is 0 Å². The Morgan fingerprint density at radius 1 is 0.417 bits per heavy atom. The largest absolute Gasteiger partial charge is 0.436 e. The van der Waals surface area contributed by atoms with Crippen molar-refractivity contribution < 1.29 is 8.83 Å². The van der Waals surface area contributed by atoms with Gasteiger partial charge in [-0.15, -0.1) is 0 Å². The molecule has 0 fully saturated rings. The second-order valence-electron chi connectivity index (χ2n) is 8.20. The Hall–Kier alpha value is -5.14. The molecule has 0 radical (unpaired) electrons. The van der Waals surface area contributed by atoms with Gasteiger partial charge in [-0.3, -0.25) is 0 Å². The summed E-state index contributed by atoms with van der Waals surface area (Å²) in [5.41, 5.74) is 5.66. The molecule has 0 unspecified atom stereocenters. The van der Waals surface area contributed by atoms with Gasteiger partial charge in [0, 0.05) is 33.4 Å². The van der Waals surface area contributed by atoms with Crippen molar-refractivity contribution >= 4 is 0 Å². The molecule has 0 aliphatic rings. The molecule has 4 nitrogen and oxygen atoms in total. The van der Waals surface area contributed by atoms with Gasteiger partial charge in [0.05, 0.1) is 12.4 Å². The standard InChI is InChI=1S/C32H20N2O2/c1-3-7-25(8-4-1)29-21-33-31(35-29)27-17-13-23(14-18-27)11-12-24-15-19-28(20-16-24)32-34-22-30(36-32)26-9-5-2-6-10-26/h1-10,13-22H. The minimum atomic E-state index is 0.589. The van der Waals surface area contributed by atoms with Crippen molar-refractivity contribution in [1.82, 2.24) is 9.97 Å². The fourth-order valence-corrected chi connectivity index (χ4v) is 3.82. The van der Waals surface area contributed by atoms with E-state index in [2.05, 4.69) is 21.8 Å². The van der Waals surface area contributed by atoms with Gasteiger partial charge in [0.25, 0.3) is 0 Å². The SMILES string of the molecule is C(#Cc1ccc(-c2ncc(-c3ccccc3)o2)cc1)c1ccc(-c2ncc(-c3ccccc3)o2)cc1. The van der Waals surface area contributed by atoms with E-state index in [1.807, 2.05) is 109 Å². The molecular weight excluding hydrogens is 444 g/mol. The molecule has 6 rings (SSSR count). The van der Waals surface area contributed by atoms with E-state index in [0.29, 0.717) is 11.8 Å². The highest BCUT2D eigenvalue weighted by molar-refractivity contribution is 5.63. The van der Waals surface area contributed by atoms with Crippen LogP contribution in [-0.4, -0.2) is 9.97 Å². The van der Waals surface area contributed by atoms with E-state index in [9.17, 15) is 0 Å². The zero-order chi connectivity index (χ0) is 24.2. The normalized spacial score (nSPS) is 10.6. The van der Waals surface area contributed by atoms with Gasteiger partial charge in [-0.2, -0.15) is 0 Å². The first-order chi connectivity index (χ1) is 17.8. The highest BCUT2D eigenvalue weighted by atomic mass is 16.4. The van der Waals surface area contributed by atoms with Gasteiger partial charge in [0.15, 0.2) is 11.5 Å². The Labute approximate surface area is 208 Å². The van der Waals surface area contributed by atoms with Crippen LogP contribution in [0.25, 0.3) is 45.6 Å². The van der Waals surface area contributed by atoms with Crippen LogP contribution in [0.2, 0.25) is 0 Å². The number of aromatic nitrogens is 2. The molecule has 4 heteroatoms. The van der Waals surface area contributed by atoms with Gasteiger partial charge in [-0.1, -0.05) is 72.5 Å². The van der Waals surface area contributed by atoms with Crippen molar-refractivity contribution in [3.8, 4) is 57.4 Å². The van der Waals surface area contributed by atoms with Crippen LogP contribution < -0.4 is 0 Å². The van der Waals surface area contributed by atoms with E-state index < -0.39 is 0 Å². The van der Waals surface area contributed by atoms with Crippen LogP contribution in [0.4, 0.5) is 0 Å². The lowest BCUT2D eigenvalue weighted by molar-refractivity contribution is 0.588. The first-order valence-corrected chi connectivity index (χ1v) is 11.6. The fraction of sp³-hybridized carbons (Fsp3) is 0. The van der Waals surface area contributed by atoms with E-state index >= 15 is 0 Å². The third-order valence-electron chi connectivity index (χ3n) is 5.74. The van der Waals surface area contributed by atoms with Gasteiger partial charge in [0.1, 0.15) is 0 Å². The average molecular weight is 465 g/mol. The van der Waals surface area contributed by atoms with Gasteiger partial charge < -0.3 is 8.83 Å². The lowest BCUT2D eigenvalue weighted by atomic mass is 10.1. The smallest absolute Gasteiger partial charge is 0.226 e. The number of oxazole rings is 2. The van der Waals surface area contributed by atoms with E-state index in [1.165, 1.54) is 0 Å². The number of nitrogens with zero attached hydrogens (tertiary/aromatic N) is 2. The molecule has 0 aliphatic carbocycles. The maximum atomic E-state index is 5.94. The third kappa shape index (κ3) is 4.59. The summed E-state index contributed by atoms with van der Waals surface area (Å²) in [4.78, 5) is 8.84. The van der Waals surface area contributed by atoms with E-state index in [0.717, 1.165) is 44.9 Å². The number of rotatable bonds is 4. The Kier molecular flexibility index (Phi) is 5.71. The maximum absolute atomic E-state index is 5.94. The first-order valence-electron chi connectivity index (χ1n) is 11.6. The topological polar surface area (TPSA) is 52.1 Å². The van der Waals surface area contributed by atoms with Gasteiger partial charge in [-0.25, -0.2) is 9.97 Å². The summed E-state index contributed by atoms with van der Waals surface area (Å²) in [6, 6.07) is 35.7. The molecule has 0 saturated heterocycles. The third-order valence-corrected chi connectivity index (χ3v) is 5.74. The second-order valence-corrected chi connectivity index (χ2v) is 8.20. The van der Waals surface area contributed by atoms with Gasteiger partial charge >= 0.3 is 0 Å². The summed E-state index contributed by atoms with van der Waals surface area (Å²) in [7, 11) is 0. The fourth-order valence-electron chi connectivity index (χ4n) is 3.82. The molecular formula is C32H20N2O2. The number of benzene rings is 4. The van der Waals surface area contributed by atoms with Crippen molar-refractivity contribution in [2.45, 2.75) is 0 Å². The minimum absolute atomic E-state index is 0.589. The Balaban J connectivity index is 1.14. The predicted octanol–water partition coefficient (Wildman–Crippen LogP) is 7.73. The highest BCUT2D eigenvalue weighted by Crippen LogP contribution is 2.27. The first kappa shape index (κ1) is 21.4.